The highest BCUT2D eigenvalue weighted by Gasteiger charge is 2.07. The van der Waals surface area contributed by atoms with Gasteiger partial charge in [0.2, 0.25) is 0 Å². The number of allylic oxidation sites excluding steroid dienone is 1. The summed E-state index contributed by atoms with van der Waals surface area (Å²) in [6, 6.07) is 15.7. The highest BCUT2D eigenvalue weighted by Crippen LogP contribution is 2.24. The molecule has 3 aromatic rings. The van der Waals surface area contributed by atoms with Crippen LogP contribution in [0, 0.1) is 0 Å². The summed E-state index contributed by atoms with van der Waals surface area (Å²) in [4.78, 5) is 11.1. The van der Waals surface area contributed by atoms with Crippen LogP contribution in [0.5, 0.6) is 0 Å². The molecule has 0 bridgehead atoms. The molecule has 0 aliphatic carbocycles. The molecule has 0 N–H and O–H groups in total. The molecule has 0 saturated carbocycles. The van der Waals surface area contributed by atoms with Gasteiger partial charge in [-0.05, 0) is 17.7 Å². The number of benzene rings is 2. The second kappa shape index (κ2) is 5.98. The Morgan fingerprint density at radius 3 is 2.67 bits per heavy atom. The third kappa shape index (κ3) is 2.91. The summed E-state index contributed by atoms with van der Waals surface area (Å²) in [5.74, 6) is 0. The van der Waals surface area contributed by atoms with E-state index in [1.165, 1.54) is 0 Å². The molecule has 1 heterocycles. The first kappa shape index (κ1) is 13.7. The van der Waals surface area contributed by atoms with Crippen molar-refractivity contribution in [2.75, 3.05) is 0 Å². The van der Waals surface area contributed by atoms with Crippen molar-refractivity contribution in [1.29, 1.82) is 0 Å². The molecule has 2 nitrogen and oxygen atoms in total. The van der Waals surface area contributed by atoms with Crippen LogP contribution in [0.2, 0.25) is 5.02 Å². The van der Waals surface area contributed by atoms with Gasteiger partial charge in [0.15, 0.2) is 6.29 Å². The molecule has 21 heavy (non-hydrogen) atoms. The monoisotopic (exact) mass is 295 g/mol. The third-order valence-corrected chi connectivity index (χ3v) is 3.65. The average Bonchev–Trinajstić information content (AvgIpc) is 2.86. The van der Waals surface area contributed by atoms with E-state index in [4.69, 9.17) is 11.6 Å². The minimum absolute atomic E-state index is 0.673. The lowest BCUT2D eigenvalue weighted by Crippen LogP contribution is -1.92. The second-order valence-electron chi connectivity index (χ2n) is 4.83. The van der Waals surface area contributed by atoms with Gasteiger partial charge in [0.25, 0.3) is 0 Å². The first-order valence-corrected chi connectivity index (χ1v) is 7.11. The van der Waals surface area contributed by atoms with E-state index >= 15 is 0 Å². The van der Waals surface area contributed by atoms with E-state index < -0.39 is 0 Å². The normalized spacial score (nSPS) is 11.3. The second-order valence-corrected chi connectivity index (χ2v) is 5.27. The van der Waals surface area contributed by atoms with Crippen LogP contribution < -0.4 is 0 Å². The Bertz CT molecular complexity index is 803. The first-order chi connectivity index (χ1) is 10.3. The zero-order valence-electron chi connectivity index (χ0n) is 11.4. The maximum Gasteiger partial charge on any atom is 0.152 e. The fraction of sp³-hybridized carbons (Fsp3) is 0.0556. The smallest absolute Gasteiger partial charge is 0.152 e. The van der Waals surface area contributed by atoms with Crippen LogP contribution in [0.15, 0.2) is 60.8 Å². The Morgan fingerprint density at radius 2 is 1.90 bits per heavy atom. The molecule has 3 rings (SSSR count). The summed E-state index contributed by atoms with van der Waals surface area (Å²) in [7, 11) is 0. The lowest BCUT2D eigenvalue weighted by Gasteiger charge is -2.01. The van der Waals surface area contributed by atoms with Gasteiger partial charge >= 0.3 is 0 Å². The van der Waals surface area contributed by atoms with Crippen molar-refractivity contribution in [1.82, 2.24) is 4.57 Å². The summed E-state index contributed by atoms with van der Waals surface area (Å²) >= 11 is 6.05. The molecular weight excluding hydrogens is 282 g/mol. The molecule has 0 spiro atoms. The number of rotatable bonds is 4. The van der Waals surface area contributed by atoms with Crippen LogP contribution in [-0.4, -0.2) is 10.9 Å². The third-order valence-electron chi connectivity index (χ3n) is 3.41. The molecule has 2 aromatic carbocycles. The molecule has 0 amide bonds. The zero-order valence-corrected chi connectivity index (χ0v) is 12.1. The lowest BCUT2D eigenvalue weighted by molar-refractivity contribution is 0.112. The summed E-state index contributed by atoms with van der Waals surface area (Å²) in [5.41, 5.74) is 2.82. The van der Waals surface area contributed by atoms with E-state index in [0.29, 0.717) is 17.1 Å². The minimum Gasteiger partial charge on any atom is -0.343 e. The van der Waals surface area contributed by atoms with Crippen LogP contribution in [0.1, 0.15) is 15.9 Å². The molecule has 1 aromatic heterocycles. The van der Waals surface area contributed by atoms with Gasteiger partial charge in [-0.1, -0.05) is 60.2 Å². The number of nitrogens with zero attached hydrogens (tertiary/aromatic N) is 1. The number of aromatic nitrogens is 1. The van der Waals surface area contributed by atoms with E-state index in [0.717, 1.165) is 22.8 Å². The van der Waals surface area contributed by atoms with E-state index in [1.807, 2.05) is 41.1 Å². The maximum atomic E-state index is 11.1. The summed E-state index contributed by atoms with van der Waals surface area (Å²) in [5, 5.41) is 1.61. The standard InChI is InChI=1S/C18H14ClNO/c19-16-8-9-17-15(13-21)12-20(18(17)11-16)10-4-7-14-5-2-1-3-6-14/h1-9,11-13H,10H2/b7-4+. The quantitative estimate of drug-likeness (QED) is 0.632. The zero-order chi connectivity index (χ0) is 14.7. The van der Waals surface area contributed by atoms with Crippen molar-refractivity contribution in [2.45, 2.75) is 6.54 Å². The Hall–Kier alpha value is -2.32. The molecule has 0 saturated heterocycles. The predicted molar refractivity (Wildman–Crippen MR) is 87.8 cm³/mol. The van der Waals surface area contributed by atoms with Crippen molar-refractivity contribution in [3.8, 4) is 0 Å². The number of carbonyl (C=O) groups is 1. The lowest BCUT2D eigenvalue weighted by atomic mass is 10.2. The largest absolute Gasteiger partial charge is 0.343 e. The Labute approximate surface area is 128 Å². The van der Waals surface area contributed by atoms with Crippen molar-refractivity contribution >= 4 is 34.9 Å². The average molecular weight is 296 g/mol. The summed E-state index contributed by atoms with van der Waals surface area (Å²) in [6.45, 7) is 0.694. The van der Waals surface area contributed by atoms with E-state index in [9.17, 15) is 4.79 Å². The van der Waals surface area contributed by atoms with Crippen molar-refractivity contribution in [3.05, 3.63) is 77.0 Å². The van der Waals surface area contributed by atoms with Gasteiger partial charge in [-0.25, -0.2) is 0 Å². The Morgan fingerprint density at radius 1 is 1.10 bits per heavy atom. The minimum atomic E-state index is 0.673. The molecule has 0 fully saturated rings. The number of aldehydes is 1. The van der Waals surface area contributed by atoms with Crippen molar-refractivity contribution in [2.24, 2.45) is 0 Å². The number of hydrogen-bond donors (Lipinski definition) is 0. The van der Waals surface area contributed by atoms with Gasteiger partial charge in [0, 0.05) is 28.7 Å². The van der Waals surface area contributed by atoms with Crippen LogP contribution >= 0.6 is 11.6 Å². The first-order valence-electron chi connectivity index (χ1n) is 6.73. The Balaban J connectivity index is 1.92. The van der Waals surface area contributed by atoms with E-state index in [2.05, 4.69) is 24.3 Å². The van der Waals surface area contributed by atoms with Crippen molar-refractivity contribution < 1.29 is 4.79 Å². The van der Waals surface area contributed by atoms with Gasteiger partial charge in [0.05, 0.1) is 5.52 Å². The molecule has 3 heteroatoms. The molecule has 0 aliphatic heterocycles. The van der Waals surface area contributed by atoms with Gasteiger partial charge in [-0.15, -0.1) is 0 Å². The number of fused-ring (bicyclic) bond motifs is 1. The SMILES string of the molecule is O=Cc1cn(C/C=C/c2ccccc2)c2cc(Cl)ccc12. The number of halogens is 1. The summed E-state index contributed by atoms with van der Waals surface area (Å²) < 4.78 is 2.03. The van der Waals surface area contributed by atoms with Gasteiger partial charge < -0.3 is 4.57 Å². The molecule has 0 aliphatic rings. The maximum absolute atomic E-state index is 11.1. The molecule has 0 atom stereocenters. The van der Waals surface area contributed by atoms with Crippen LogP contribution in [0.3, 0.4) is 0 Å². The Kier molecular flexibility index (Phi) is 3.89. The van der Waals surface area contributed by atoms with Crippen LogP contribution in [0.4, 0.5) is 0 Å². The highest BCUT2D eigenvalue weighted by atomic mass is 35.5. The van der Waals surface area contributed by atoms with Gasteiger partial charge in [-0.3, -0.25) is 4.79 Å². The molecule has 0 radical (unpaired) electrons. The van der Waals surface area contributed by atoms with E-state index in [1.54, 1.807) is 6.07 Å². The van der Waals surface area contributed by atoms with Gasteiger partial charge in [0.1, 0.15) is 0 Å². The van der Waals surface area contributed by atoms with E-state index in [-0.39, 0.29) is 0 Å². The highest BCUT2D eigenvalue weighted by molar-refractivity contribution is 6.31. The number of carbonyl (C=O) groups excluding carboxylic acids is 1. The van der Waals surface area contributed by atoms with Crippen LogP contribution in [0.25, 0.3) is 17.0 Å². The fourth-order valence-corrected chi connectivity index (χ4v) is 2.57. The van der Waals surface area contributed by atoms with Crippen molar-refractivity contribution in [3.63, 3.8) is 0 Å². The van der Waals surface area contributed by atoms with Gasteiger partial charge in [-0.2, -0.15) is 0 Å². The number of hydrogen-bond acceptors (Lipinski definition) is 1. The molecular formula is C18H14ClNO. The summed E-state index contributed by atoms with van der Waals surface area (Å²) in [6.07, 6.45) is 6.89. The fourth-order valence-electron chi connectivity index (χ4n) is 2.40. The van der Waals surface area contributed by atoms with Crippen LogP contribution in [-0.2, 0) is 6.54 Å². The topological polar surface area (TPSA) is 22.0 Å². The predicted octanol–water partition coefficient (Wildman–Crippen LogP) is 4.82. The molecule has 104 valence electrons. The molecule has 0 unspecified atom stereocenters.